The van der Waals surface area contributed by atoms with Gasteiger partial charge in [0.25, 0.3) is 0 Å². The molecule has 0 N–H and O–H groups in total. The quantitative estimate of drug-likeness (QED) is 0.527. The number of hydrogen-bond donors (Lipinski definition) is 0. The molecule has 0 unspecified atom stereocenters. The van der Waals surface area contributed by atoms with Crippen molar-refractivity contribution in [2.45, 2.75) is 19.5 Å². The van der Waals surface area contributed by atoms with E-state index in [4.69, 9.17) is 4.74 Å². The van der Waals surface area contributed by atoms with Crippen molar-refractivity contribution in [2.75, 3.05) is 26.6 Å². The van der Waals surface area contributed by atoms with Crippen LogP contribution in [-0.2, 0) is 28.6 Å². The van der Waals surface area contributed by atoms with Gasteiger partial charge >= 0.3 is 22.3 Å². The molecule has 0 saturated carbocycles. The van der Waals surface area contributed by atoms with E-state index in [2.05, 4.69) is 8.92 Å². The average Bonchev–Trinajstić information content (AvgIpc) is 2.56. The largest absolute Gasteiger partial charge is 0.465 e. The van der Waals surface area contributed by atoms with Gasteiger partial charge in [-0.3, -0.25) is 0 Å². The molecule has 0 heterocycles. The number of halogens is 3. The third-order valence-electron chi connectivity index (χ3n) is 3.00. The van der Waals surface area contributed by atoms with Crippen LogP contribution in [-0.4, -0.2) is 47.1 Å². The molecule has 6 nitrogen and oxygen atoms in total. The molecule has 136 valence electrons. The Bertz CT molecular complexity index is 686. The van der Waals surface area contributed by atoms with Crippen LogP contribution in [0.1, 0.15) is 13.3 Å². The molecule has 1 rings (SSSR count). The maximum atomic E-state index is 12.3. The maximum Gasteiger partial charge on any atom is 0.406 e. The van der Waals surface area contributed by atoms with Crippen LogP contribution >= 0.6 is 0 Å². The monoisotopic (exact) mass is 370 g/mol. The number of esters is 1. The number of rotatable bonds is 6. The molecule has 0 fully saturated rings. The number of alkyl halides is 3. The fraction of sp³-hybridized carbons (Fsp3) is 0.500. The van der Waals surface area contributed by atoms with Crippen molar-refractivity contribution in [1.82, 2.24) is 0 Å². The van der Waals surface area contributed by atoms with Crippen molar-refractivity contribution in [3.8, 4) is 0 Å². The first-order valence-corrected chi connectivity index (χ1v) is 8.23. The van der Waals surface area contributed by atoms with Gasteiger partial charge in [0.15, 0.2) is 5.75 Å². The Labute approximate surface area is 137 Å². The molecular weight excluding hydrogens is 353 g/mol. The fourth-order valence-corrected chi connectivity index (χ4v) is 2.92. The van der Waals surface area contributed by atoms with E-state index < -0.39 is 28.0 Å². The van der Waals surface area contributed by atoms with E-state index in [-0.39, 0.29) is 29.9 Å². The lowest BCUT2D eigenvalue weighted by Gasteiger charge is -2.15. The Morgan fingerprint density at radius 1 is 1.25 bits per heavy atom. The molecule has 0 bridgehead atoms. The van der Waals surface area contributed by atoms with Crippen LogP contribution in [0, 0.1) is 0 Å². The van der Waals surface area contributed by atoms with E-state index in [0.29, 0.717) is 5.57 Å². The molecule has 0 aromatic carbocycles. The zero-order chi connectivity index (χ0) is 18.5. The fourth-order valence-electron chi connectivity index (χ4n) is 1.96. The molecule has 1 aliphatic carbocycles. The first-order valence-electron chi connectivity index (χ1n) is 6.65. The first kappa shape index (κ1) is 20.2. The third-order valence-corrected chi connectivity index (χ3v) is 4.13. The van der Waals surface area contributed by atoms with Gasteiger partial charge in [-0.25, -0.2) is 4.79 Å². The van der Waals surface area contributed by atoms with Gasteiger partial charge in [-0.1, -0.05) is 6.08 Å². The van der Waals surface area contributed by atoms with Crippen molar-refractivity contribution < 1.29 is 40.0 Å². The van der Waals surface area contributed by atoms with Gasteiger partial charge in [0.2, 0.25) is 0 Å². The number of allylic oxidation sites excluding steroid dienone is 3. The molecule has 0 aliphatic heterocycles. The second-order valence-corrected chi connectivity index (χ2v) is 6.53. The van der Waals surface area contributed by atoms with Gasteiger partial charge in [0, 0.05) is 19.1 Å². The van der Waals surface area contributed by atoms with Crippen LogP contribution in [0.15, 0.2) is 34.6 Å². The van der Waals surface area contributed by atoms with Gasteiger partial charge in [-0.15, -0.1) is 0 Å². The molecule has 1 aliphatic rings. The highest BCUT2D eigenvalue weighted by molar-refractivity contribution is 7.86. The van der Waals surface area contributed by atoms with Crippen molar-refractivity contribution in [3.63, 3.8) is 0 Å². The van der Waals surface area contributed by atoms with Crippen LogP contribution in [0.2, 0.25) is 0 Å². The molecule has 0 spiro atoms. The highest BCUT2D eigenvalue weighted by Gasteiger charge is 2.37. The standard InChI is InChI=1S/C14H17F3O6S/c1-9-11(13(18)22-3)5-4-10(7-21-2)6-12(9)23-24(19,20)8-14(15,16)17/h4-5H,6-8H2,1-3H3. The molecule has 24 heavy (non-hydrogen) atoms. The number of carbonyl (C=O) groups is 1. The first-order chi connectivity index (χ1) is 11.0. The van der Waals surface area contributed by atoms with Gasteiger partial charge in [-0.05, 0) is 18.6 Å². The van der Waals surface area contributed by atoms with E-state index in [1.54, 1.807) is 0 Å². The maximum absolute atomic E-state index is 12.3. The summed E-state index contributed by atoms with van der Waals surface area (Å²) in [7, 11) is -2.39. The smallest absolute Gasteiger partial charge is 0.406 e. The average molecular weight is 370 g/mol. The highest BCUT2D eigenvalue weighted by atomic mass is 32.2. The summed E-state index contributed by atoms with van der Waals surface area (Å²) < 4.78 is 74.4. The molecule has 10 heteroatoms. The molecule has 0 aromatic rings. The molecule has 0 saturated heterocycles. The molecule has 0 aromatic heterocycles. The van der Waals surface area contributed by atoms with Crippen LogP contribution in [0.5, 0.6) is 0 Å². The van der Waals surface area contributed by atoms with Crippen molar-refractivity contribution in [3.05, 3.63) is 34.6 Å². The van der Waals surface area contributed by atoms with Crippen LogP contribution in [0.3, 0.4) is 0 Å². The van der Waals surface area contributed by atoms with Crippen molar-refractivity contribution in [1.29, 1.82) is 0 Å². The van der Waals surface area contributed by atoms with Crippen molar-refractivity contribution in [2.24, 2.45) is 0 Å². The second-order valence-electron chi connectivity index (χ2n) is 4.96. The van der Waals surface area contributed by atoms with E-state index in [1.807, 2.05) is 0 Å². The molecule has 0 atom stereocenters. The van der Waals surface area contributed by atoms with E-state index in [9.17, 15) is 26.4 Å². The second kappa shape index (κ2) is 7.84. The Hall–Kier alpha value is -1.81. The Balaban J connectivity index is 3.24. The highest BCUT2D eigenvalue weighted by Crippen LogP contribution is 2.29. The number of carbonyl (C=O) groups excluding carboxylic acids is 1. The zero-order valence-electron chi connectivity index (χ0n) is 13.3. The predicted octanol–water partition coefficient (Wildman–Crippen LogP) is 2.25. The minimum atomic E-state index is -4.94. The lowest BCUT2D eigenvalue weighted by atomic mass is 10.1. The summed E-state index contributed by atoms with van der Waals surface area (Å²) >= 11 is 0. The minimum absolute atomic E-state index is 0.0131. The normalized spacial score (nSPS) is 16.2. The zero-order valence-corrected chi connectivity index (χ0v) is 14.1. The Morgan fingerprint density at radius 2 is 1.88 bits per heavy atom. The van der Waals surface area contributed by atoms with Crippen LogP contribution in [0.25, 0.3) is 0 Å². The summed E-state index contributed by atoms with van der Waals surface area (Å²) in [5, 5.41) is 0. The van der Waals surface area contributed by atoms with Gasteiger partial charge in [0.1, 0.15) is 5.76 Å². The summed E-state index contributed by atoms with van der Waals surface area (Å²) in [4.78, 5) is 11.8. The van der Waals surface area contributed by atoms with Gasteiger partial charge in [0.05, 0.1) is 19.3 Å². The topological polar surface area (TPSA) is 78.9 Å². The third kappa shape index (κ3) is 6.00. The van der Waals surface area contributed by atoms with Gasteiger partial charge < -0.3 is 13.7 Å². The van der Waals surface area contributed by atoms with Crippen molar-refractivity contribution >= 4 is 16.1 Å². The summed E-state index contributed by atoms with van der Waals surface area (Å²) in [5.74, 6) is -3.18. The molecular formula is C14H17F3O6S. The van der Waals surface area contributed by atoms with E-state index >= 15 is 0 Å². The summed E-state index contributed by atoms with van der Waals surface area (Å²) in [6.45, 7) is 1.45. The molecule has 0 radical (unpaired) electrons. The van der Waals surface area contributed by atoms with E-state index in [0.717, 1.165) is 7.11 Å². The minimum Gasteiger partial charge on any atom is -0.465 e. The van der Waals surface area contributed by atoms with Crippen LogP contribution in [0.4, 0.5) is 13.2 Å². The number of hydrogen-bond acceptors (Lipinski definition) is 6. The molecule has 0 amide bonds. The number of ether oxygens (including phenoxy) is 2. The lowest BCUT2D eigenvalue weighted by molar-refractivity contribution is -0.135. The SMILES string of the molecule is COCC1=CC=C(C(=O)OC)C(C)=C(OS(=O)(=O)CC(F)(F)F)C1. The summed E-state index contributed by atoms with van der Waals surface area (Å²) in [6.07, 6.45) is -2.17. The van der Waals surface area contributed by atoms with Crippen LogP contribution < -0.4 is 0 Å². The van der Waals surface area contributed by atoms with Gasteiger partial charge in [-0.2, -0.15) is 21.6 Å². The summed E-state index contributed by atoms with van der Waals surface area (Å²) in [5.41, 5.74) is 0.587. The summed E-state index contributed by atoms with van der Waals surface area (Å²) in [6, 6.07) is 0. The predicted molar refractivity (Wildman–Crippen MR) is 78.3 cm³/mol. The number of methoxy groups -OCH3 is 2. The van der Waals surface area contributed by atoms with E-state index in [1.165, 1.54) is 26.2 Å². The Kier molecular flexibility index (Phi) is 6.61. The Morgan fingerprint density at radius 3 is 2.38 bits per heavy atom. The lowest BCUT2D eigenvalue weighted by Crippen LogP contribution is -2.25.